The van der Waals surface area contributed by atoms with Gasteiger partial charge in [0.1, 0.15) is 6.67 Å². The van der Waals surface area contributed by atoms with Crippen molar-refractivity contribution in [2.75, 3.05) is 39.4 Å². The molecule has 0 radical (unpaired) electrons. The number of halogens is 1. The highest BCUT2D eigenvalue weighted by molar-refractivity contribution is 5.37. The lowest BCUT2D eigenvalue weighted by Crippen LogP contribution is -2.46. The van der Waals surface area contributed by atoms with Crippen molar-refractivity contribution >= 4 is 0 Å². The molecule has 138 valence electrons. The molecular formula is C19H35FN4. The Hall–Kier alpha value is -0.940. The second-order valence-corrected chi connectivity index (χ2v) is 9.10. The molecule has 0 aliphatic carbocycles. The van der Waals surface area contributed by atoms with Crippen LogP contribution in [0.4, 0.5) is 4.39 Å². The minimum atomic E-state index is -0.247. The third-order valence-electron chi connectivity index (χ3n) is 4.82. The van der Waals surface area contributed by atoms with E-state index >= 15 is 0 Å². The molecule has 0 aromatic carbocycles. The zero-order valence-corrected chi connectivity index (χ0v) is 16.6. The van der Waals surface area contributed by atoms with Gasteiger partial charge in [0.15, 0.2) is 0 Å². The second-order valence-electron chi connectivity index (χ2n) is 9.10. The molecule has 2 heterocycles. The summed E-state index contributed by atoms with van der Waals surface area (Å²) in [6.45, 7) is 18.7. The Morgan fingerprint density at radius 3 is 1.92 bits per heavy atom. The quantitative estimate of drug-likeness (QED) is 0.843. The summed E-state index contributed by atoms with van der Waals surface area (Å²) in [5, 5.41) is 4.89. The molecule has 1 aromatic rings. The molecule has 0 atom stereocenters. The Morgan fingerprint density at radius 2 is 1.46 bits per heavy atom. The van der Waals surface area contributed by atoms with Crippen LogP contribution in [0.2, 0.25) is 0 Å². The molecule has 1 aliphatic rings. The summed E-state index contributed by atoms with van der Waals surface area (Å²) in [4.78, 5) is 4.67. The fourth-order valence-corrected chi connectivity index (χ4v) is 3.84. The number of hydrogen-bond acceptors (Lipinski definition) is 3. The first kappa shape index (κ1) is 19.4. The third kappa shape index (κ3) is 4.37. The van der Waals surface area contributed by atoms with E-state index in [1.807, 2.05) is 0 Å². The van der Waals surface area contributed by atoms with Crippen LogP contribution in [-0.4, -0.2) is 59.0 Å². The van der Waals surface area contributed by atoms with Crippen LogP contribution in [0.3, 0.4) is 0 Å². The lowest BCUT2D eigenvalue weighted by Gasteiger charge is -2.34. The van der Waals surface area contributed by atoms with Gasteiger partial charge >= 0.3 is 0 Å². The zero-order valence-electron chi connectivity index (χ0n) is 16.6. The third-order valence-corrected chi connectivity index (χ3v) is 4.82. The van der Waals surface area contributed by atoms with Gasteiger partial charge in [0.05, 0.1) is 5.69 Å². The standard InChI is InChI=1S/C19H35FN4/c1-18(2,3)16-15(21-22(7)17(16)19(4,5)6)14-24-12-10-23(9-8-20)11-13-24/h8-14H2,1-7H3. The summed E-state index contributed by atoms with van der Waals surface area (Å²) in [7, 11) is 2.07. The van der Waals surface area contributed by atoms with Gasteiger partial charge in [0.25, 0.3) is 0 Å². The molecule has 0 unspecified atom stereocenters. The largest absolute Gasteiger partial charge is 0.298 e. The maximum absolute atomic E-state index is 12.5. The van der Waals surface area contributed by atoms with E-state index < -0.39 is 0 Å². The number of piperazine rings is 1. The smallest absolute Gasteiger partial charge is 0.102 e. The van der Waals surface area contributed by atoms with E-state index in [1.54, 1.807) is 0 Å². The summed E-state index contributed by atoms with van der Waals surface area (Å²) >= 11 is 0. The van der Waals surface area contributed by atoms with Gasteiger partial charge in [0, 0.05) is 63.0 Å². The minimum Gasteiger partial charge on any atom is -0.298 e. The second kappa shape index (κ2) is 7.12. The SMILES string of the molecule is Cn1nc(CN2CCN(CCF)CC2)c(C(C)(C)C)c1C(C)(C)C. The Morgan fingerprint density at radius 1 is 0.917 bits per heavy atom. The summed E-state index contributed by atoms with van der Waals surface area (Å²) in [6.07, 6.45) is 0. The first-order valence-electron chi connectivity index (χ1n) is 9.11. The first-order valence-corrected chi connectivity index (χ1v) is 9.11. The molecule has 5 heteroatoms. The molecule has 1 aromatic heterocycles. The molecule has 2 rings (SSSR count). The van der Waals surface area contributed by atoms with Gasteiger partial charge in [0.2, 0.25) is 0 Å². The van der Waals surface area contributed by atoms with Gasteiger partial charge in [-0.3, -0.25) is 14.5 Å². The van der Waals surface area contributed by atoms with Crippen LogP contribution in [0, 0.1) is 0 Å². The highest BCUT2D eigenvalue weighted by Gasteiger charge is 2.33. The van der Waals surface area contributed by atoms with E-state index in [0.717, 1.165) is 32.7 Å². The molecule has 0 spiro atoms. The predicted octanol–water partition coefficient (Wildman–Crippen LogP) is 3.10. The van der Waals surface area contributed by atoms with Crippen molar-refractivity contribution in [2.24, 2.45) is 7.05 Å². The van der Waals surface area contributed by atoms with Crippen LogP contribution in [0.5, 0.6) is 0 Å². The molecule has 0 saturated carbocycles. The van der Waals surface area contributed by atoms with Crippen LogP contribution in [-0.2, 0) is 24.4 Å². The lowest BCUT2D eigenvalue weighted by molar-refractivity contribution is 0.119. The number of rotatable bonds is 4. The molecule has 0 N–H and O–H groups in total. The number of aromatic nitrogens is 2. The van der Waals surface area contributed by atoms with Crippen LogP contribution >= 0.6 is 0 Å². The highest BCUT2D eigenvalue weighted by atomic mass is 19.1. The van der Waals surface area contributed by atoms with Crippen molar-refractivity contribution in [1.29, 1.82) is 0 Å². The maximum Gasteiger partial charge on any atom is 0.102 e. The highest BCUT2D eigenvalue weighted by Crippen LogP contribution is 2.36. The van der Waals surface area contributed by atoms with Crippen molar-refractivity contribution in [3.8, 4) is 0 Å². The average molecular weight is 339 g/mol. The normalized spacial score (nSPS) is 18.3. The van der Waals surface area contributed by atoms with E-state index in [1.165, 1.54) is 17.0 Å². The molecular weight excluding hydrogens is 303 g/mol. The lowest BCUT2D eigenvalue weighted by atomic mass is 9.78. The van der Waals surface area contributed by atoms with Crippen LogP contribution in [0.15, 0.2) is 0 Å². The number of aryl methyl sites for hydroxylation is 1. The summed E-state index contributed by atoms with van der Waals surface area (Å²) in [6, 6.07) is 0. The van der Waals surface area contributed by atoms with Crippen molar-refractivity contribution in [1.82, 2.24) is 19.6 Å². The molecule has 1 saturated heterocycles. The Kier molecular flexibility index (Phi) is 5.75. The average Bonchev–Trinajstić information content (AvgIpc) is 2.77. The number of alkyl halides is 1. The summed E-state index contributed by atoms with van der Waals surface area (Å²) in [5.41, 5.74) is 4.07. The topological polar surface area (TPSA) is 24.3 Å². The fourth-order valence-electron chi connectivity index (χ4n) is 3.84. The Labute approximate surface area is 147 Å². The summed E-state index contributed by atoms with van der Waals surface area (Å²) < 4.78 is 14.6. The van der Waals surface area contributed by atoms with Crippen molar-refractivity contribution in [2.45, 2.75) is 58.9 Å². The van der Waals surface area contributed by atoms with E-state index in [2.05, 4.69) is 63.1 Å². The predicted molar refractivity (Wildman–Crippen MR) is 98.3 cm³/mol. The minimum absolute atomic E-state index is 0.0717. The van der Waals surface area contributed by atoms with Crippen molar-refractivity contribution in [3.05, 3.63) is 17.0 Å². The van der Waals surface area contributed by atoms with E-state index in [9.17, 15) is 4.39 Å². The van der Waals surface area contributed by atoms with Gasteiger partial charge in [-0.25, -0.2) is 4.39 Å². The van der Waals surface area contributed by atoms with Crippen molar-refractivity contribution < 1.29 is 4.39 Å². The first-order chi connectivity index (χ1) is 11.0. The van der Waals surface area contributed by atoms with Crippen LogP contribution in [0.1, 0.15) is 58.5 Å². The van der Waals surface area contributed by atoms with E-state index in [-0.39, 0.29) is 17.5 Å². The molecule has 24 heavy (non-hydrogen) atoms. The van der Waals surface area contributed by atoms with Crippen LogP contribution < -0.4 is 0 Å². The van der Waals surface area contributed by atoms with Gasteiger partial charge < -0.3 is 0 Å². The molecule has 4 nitrogen and oxygen atoms in total. The monoisotopic (exact) mass is 338 g/mol. The number of nitrogens with zero attached hydrogens (tertiary/aromatic N) is 4. The van der Waals surface area contributed by atoms with Gasteiger partial charge in [-0.2, -0.15) is 5.10 Å². The Bertz CT molecular complexity index is 543. The fraction of sp³-hybridized carbons (Fsp3) is 0.842. The molecule has 0 bridgehead atoms. The molecule has 1 fully saturated rings. The molecule has 1 aliphatic heterocycles. The van der Waals surface area contributed by atoms with Crippen molar-refractivity contribution in [3.63, 3.8) is 0 Å². The maximum atomic E-state index is 12.5. The van der Waals surface area contributed by atoms with E-state index in [4.69, 9.17) is 5.10 Å². The zero-order chi connectivity index (χ0) is 18.1. The van der Waals surface area contributed by atoms with Gasteiger partial charge in [-0.1, -0.05) is 41.5 Å². The van der Waals surface area contributed by atoms with E-state index in [0.29, 0.717) is 6.54 Å². The van der Waals surface area contributed by atoms with Gasteiger partial charge in [-0.15, -0.1) is 0 Å². The summed E-state index contributed by atoms with van der Waals surface area (Å²) in [5.74, 6) is 0. The molecule has 0 amide bonds. The van der Waals surface area contributed by atoms with Gasteiger partial charge in [-0.05, 0) is 5.41 Å². The van der Waals surface area contributed by atoms with Crippen LogP contribution in [0.25, 0.3) is 0 Å². The Balaban J connectivity index is 2.22. The number of hydrogen-bond donors (Lipinski definition) is 0.